The zero-order valence-electron chi connectivity index (χ0n) is 12.6. The van der Waals surface area contributed by atoms with Gasteiger partial charge in [0.1, 0.15) is 5.82 Å². The predicted molar refractivity (Wildman–Crippen MR) is 86.9 cm³/mol. The monoisotopic (exact) mass is 349 g/mol. The van der Waals surface area contributed by atoms with Crippen molar-refractivity contribution >= 4 is 21.7 Å². The van der Waals surface area contributed by atoms with Crippen LogP contribution in [0.4, 0.5) is 5.82 Å². The zero-order valence-corrected chi connectivity index (χ0v) is 14.2. The van der Waals surface area contributed by atoms with Gasteiger partial charge in [-0.1, -0.05) is 12.8 Å². The van der Waals surface area contributed by atoms with Crippen molar-refractivity contribution in [1.29, 1.82) is 0 Å². The van der Waals surface area contributed by atoms with Crippen LogP contribution in [0.25, 0.3) is 5.95 Å². The second-order valence-corrected chi connectivity index (χ2v) is 6.53. The SMILES string of the molecule is Cc1cc(C)n(-c2nc(C)c(Br)c(NC3CCCC3)n2)n1. The average molecular weight is 350 g/mol. The van der Waals surface area contributed by atoms with Crippen molar-refractivity contribution in [3.8, 4) is 5.95 Å². The van der Waals surface area contributed by atoms with Gasteiger partial charge in [-0.2, -0.15) is 10.1 Å². The Labute approximate surface area is 133 Å². The van der Waals surface area contributed by atoms with Crippen molar-refractivity contribution in [2.24, 2.45) is 0 Å². The maximum atomic E-state index is 4.67. The minimum absolute atomic E-state index is 0.518. The summed E-state index contributed by atoms with van der Waals surface area (Å²) in [5.74, 6) is 1.50. The topological polar surface area (TPSA) is 55.6 Å². The molecule has 2 aromatic heterocycles. The Kier molecular flexibility index (Phi) is 3.97. The summed E-state index contributed by atoms with van der Waals surface area (Å²) >= 11 is 3.60. The summed E-state index contributed by atoms with van der Waals surface area (Å²) in [5, 5.41) is 8.02. The van der Waals surface area contributed by atoms with E-state index >= 15 is 0 Å². The van der Waals surface area contributed by atoms with E-state index < -0.39 is 0 Å². The number of aryl methyl sites for hydroxylation is 3. The van der Waals surface area contributed by atoms with E-state index in [1.807, 2.05) is 26.8 Å². The first-order chi connectivity index (χ1) is 10.0. The minimum Gasteiger partial charge on any atom is -0.366 e. The molecule has 1 N–H and O–H groups in total. The molecule has 0 unspecified atom stereocenters. The average Bonchev–Trinajstić information content (AvgIpc) is 3.04. The van der Waals surface area contributed by atoms with E-state index in [-0.39, 0.29) is 0 Å². The van der Waals surface area contributed by atoms with Gasteiger partial charge in [-0.25, -0.2) is 9.67 Å². The molecule has 0 aliphatic heterocycles. The van der Waals surface area contributed by atoms with Gasteiger partial charge >= 0.3 is 0 Å². The van der Waals surface area contributed by atoms with Crippen LogP contribution in [0.15, 0.2) is 10.5 Å². The second kappa shape index (κ2) is 5.75. The van der Waals surface area contributed by atoms with Crippen LogP contribution in [0.3, 0.4) is 0 Å². The molecule has 0 radical (unpaired) electrons. The van der Waals surface area contributed by atoms with E-state index in [1.165, 1.54) is 25.7 Å². The van der Waals surface area contributed by atoms with Crippen LogP contribution in [0, 0.1) is 20.8 Å². The van der Waals surface area contributed by atoms with Gasteiger partial charge in [0.25, 0.3) is 5.95 Å². The van der Waals surface area contributed by atoms with Crippen molar-refractivity contribution in [2.45, 2.75) is 52.5 Å². The number of halogens is 1. The Morgan fingerprint density at radius 2 is 1.90 bits per heavy atom. The fourth-order valence-electron chi connectivity index (χ4n) is 2.83. The van der Waals surface area contributed by atoms with Gasteiger partial charge in [0.2, 0.25) is 0 Å². The highest BCUT2D eigenvalue weighted by molar-refractivity contribution is 9.10. The minimum atomic E-state index is 0.518. The highest BCUT2D eigenvalue weighted by atomic mass is 79.9. The van der Waals surface area contributed by atoms with Crippen LogP contribution in [-0.4, -0.2) is 25.8 Å². The highest BCUT2D eigenvalue weighted by Crippen LogP contribution is 2.28. The molecule has 2 heterocycles. The molecule has 112 valence electrons. The number of nitrogens with one attached hydrogen (secondary N) is 1. The largest absolute Gasteiger partial charge is 0.366 e. The molecule has 1 aliphatic carbocycles. The summed E-state index contributed by atoms with van der Waals surface area (Å²) in [7, 11) is 0. The Balaban J connectivity index is 1.98. The maximum Gasteiger partial charge on any atom is 0.253 e. The van der Waals surface area contributed by atoms with Crippen LogP contribution in [0.2, 0.25) is 0 Å². The number of rotatable bonds is 3. The van der Waals surface area contributed by atoms with Crippen molar-refractivity contribution in [2.75, 3.05) is 5.32 Å². The Morgan fingerprint density at radius 1 is 1.19 bits per heavy atom. The van der Waals surface area contributed by atoms with Crippen molar-refractivity contribution in [3.63, 3.8) is 0 Å². The summed E-state index contributed by atoms with van der Waals surface area (Å²) in [5.41, 5.74) is 2.94. The quantitative estimate of drug-likeness (QED) is 0.917. The molecule has 0 saturated heterocycles. The van der Waals surface area contributed by atoms with Gasteiger partial charge in [-0.3, -0.25) is 0 Å². The number of nitrogens with zero attached hydrogens (tertiary/aromatic N) is 4. The lowest BCUT2D eigenvalue weighted by Crippen LogP contribution is -2.18. The summed E-state index contributed by atoms with van der Waals surface area (Å²) < 4.78 is 2.74. The van der Waals surface area contributed by atoms with Crippen LogP contribution in [-0.2, 0) is 0 Å². The molecule has 0 bridgehead atoms. The normalized spacial score (nSPS) is 15.6. The van der Waals surface area contributed by atoms with Crippen LogP contribution in [0.1, 0.15) is 42.8 Å². The first-order valence-electron chi connectivity index (χ1n) is 7.39. The summed E-state index contributed by atoms with van der Waals surface area (Å²) in [6.45, 7) is 5.98. The molecule has 6 heteroatoms. The number of anilines is 1. The molecule has 3 rings (SSSR count). The molecule has 21 heavy (non-hydrogen) atoms. The maximum absolute atomic E-state index is 4.67. The fraction of sp³-hybridized carbons (Fsp3) is 0.533. The van der Waals surface area contributed by atoms with E-state index in [4.69, 9.17) is 0 Å². The summed E-state index contributed by atoms with van der Waals surface area (Å²) in [4.78, 5) is 9.23. The zero-order chi connectivity index (χ0) is 15.0. The molecule has 1 fully saturated rings. The lowest BCUT2D eigenvalue weighted by Gasteiger charge is -2.16. The summed E-state index contributed by atoms with van der Waals surface area (Å²) in [6.07, 6.45) is 5.02. The lowest BCUT2D eigenvalue weighted by atomic mass is 10.2. The first-order valence-corrected chi connectivity index (χ1v) is 8.18. The number of hydrogen-bond acceptors (Lipinski definition) is 4. The van der Waals surface area contributed by atoms with Crippen LogP contribution < -0.4 is 5.32 Å². The van der Waals surface area contributed by atoms with Gasteiger partial charge < -0.3 is 5.32 Å². The number of hydrogen-bond donors (Lipinski definition) is 1. The van der Waals surface area contributed by atoms with E-state index in [9.17, 15) is 0 Å². The molecule has 1 saturated carbocycles. The third-order valence-electron chi connectivity index (χ3n) is 3.90. The van der Waals surface area contributed by atoms with Crippen molar-refractivity contribution in [3.05, 3.63) is 27.6 Å². The molecule has 0 aromatic carbocycles. The number of aromatic nitrogens is 4. The third kappa shape index (κ3) is 2.95. The summed E-state index contributed by atoms with van der Waals surface area (Å²) in [6, 6.07) is 2.55. The van der Waals surface area contributed by atoms with E-state index in [1.54, 1.807) is 4.68 Å². The lowest BCUT2D eigenvalue weighted by molar-refractivity contribution is 0.734. The van der Waals surface area contributed by atoms with E-state index in [2.05, 4.69) is 36.3 Å². The van der Waals surface area contributed by atoms with Crippen molar-refractivity contribution in [1.82, 2.24) is 19.7 Å². The van der Waals surface area contributed by atoms with Crippen LogP contribution >= 0.6 is 15.9 Å². The van der Waals surface area contributed by atoms with Crippen LogP contribution in [0.5, 0.6) is 0 Å². The molecule has 0 spiro atoms. The van der Waals surface area contributed by atoms with Gasteiger partial charge in [0.15, 0.2) is 0 Å². The smallest absolute Gasteiger partial charge is 0.253 e. The molecule has 0 amide bonds. The first kappa shape index (κ1) is 14.5. The van der Waals surface area contributed by atoms with E-state index in [0.29, 0.717) is 12.0 Å². The second-order valence-electron chi connectivity index (χ2n) is 5.74. The molecule has 0 atom stereocenters. The Morgan fingerprint density at radius 3 is 2.52 bits per heavy atom. The van der Waals surface area contributed by atoms with Gasteiger partial charge in [-0.15, -0.1) is 0 Å². The van der Waals surface area contributed by atoms with Crippen molar-refractivity contribution < 1.29 is 0 Å². The van der Waals surface area contributed by atoms with Gasteiger partial charge in [0.05, 0.1) is 15.9 Å². The Bertz CT molecular complexity index is 658. The molecule has 2 aromatic rings. The standard InChI is InChI=1S/C15H20BrN5/c1-9-8-10(2)21(20-9)15-17-11(3)13(16)14(19-15)18-12-6-4-5-7-12/h8,12H,4-7H2,1-3H3,(H,17,18,19). The van der Waals surface area contributed by atoms with E-state index in [0.717, 1.165) is 27.4 Å². The molecular weight excluding hydrogens is 330 g/mol. The van der Waals surface area contributed by atoms with Gasteiger partial charge in [0, 0.05) is 11.7 Å². The van der Waals surface area contributed by atoms with Gasteiger partial charge in [-0.05, 0) is 55.6 Å². The third-order valence-corrected chi connectivity index (χ3v) is 4.85. The molecule has 1 aliphatic rings. The predicted octanol–water partition coefficient (Wildman–Crippen LogP) is 3.70. The Hall–Kier alpha value is -1.43. The fourth-order valence-corrected chi connectivity index (χ4v) is 3.12. The molecular formula is C15H20BrN5. The molecule has 5 nitrogen and oxygen atoms in total. The highest BCUT2D eigenvalue weighted by Gasteiger charge is 2.19.